The highest BCUT2D eigenvalue weighted by Gasteiger charge is 2.32. The largest absolute Gasteiger partial charge is 0.264 e. The van der Waals surface area contributed by atoms with Gasteiger partial charge < -0.3 is 0 Å². The zero-order valence-electron chi connectivity index (χ0n) is 14.3. The predicted molar refractivity (Wildman–Crippen MR) is 106 cm³/mol. The molecule has 0 bridgehead atoms. The SMILES string of the molecule is CCN(C(c1ccc(Br)cc1)c1cccnc1)S(=O)(=O)c1ccccc1. The number of pyridine rings is 1. The molecule has 0 saturated carbocycles. The molecule has 0 radical (unpaired) electrons. The second-order valence-corrected chi connectivity index (χ2v) is 8.57. The Labute approximate surface area is 162 Å². The fraction of sp³-hybridized carbons (Fsp3) is 0.150. The van der Waals surface area contributed by atoms with Crippen LogP contribution in [0.3, 0.4) is 0 Å². The molecule has 0 aliphatic rings. The highest BCUT2D eigenvalue weighted by molar-refractivity contribution is 9.10. The van der Waals surface area contributed by atoms with E-state index in [0.29, 0.717) is 6.54 Å². The van der Waals surface area contributed by atoms with Crippen LogP contribution in [0.2, 0.25) is 0 Å². The summed E-state index contributed by atoms with van der Waals surface area (Å²) in [5.74, 6) is 0. The molecule has 1 heterocycles. The van der Waals surface area contributed by atoms with Gasteiger partial charge in [0.15, 0.2) is 0 Å². The van der Waals surface area contributed by atoms with Gasteiger partial charge in [-0.3, -0.25) is 4.98 Å². The molecule has 3 aromatic rings. The van der Waals surface area contributed by atoms with E-state index in [2.05, 4.69) is 20.9 Å². The molecule has 0 fully saturated rings. The van der Waals surface area contributed by atoms with Crippen molar-refractivity contribution in [2.75, 3.05) is 6.54 Å². The van der Waals surface area contributed by atoms with Crippen LogP contribution in [0, 0.1) is 0 Å². The van der Waals surface area contributed by atoms with Crippen LogP contribution in [0.25, 0.3) is 0 Å². The van der Waals surface area contributed by atoms with Crippen molar-refractivity contribution < 1.29 is 8.42 Å². The van der Waals surface area contributed by atoms with E-state index in [4.69, 9.17) is 0 Å². The lowest BCUT2D eigenvalue weighted by atomic mass is 10.0. The molecular formula is C20H19BrN2O2S. The van der Waals surface area contributed by atoms with Crippen molar-refractivity contribution in [2.24, 2.45) is 0 Å². The van der Waals surface area contributed by atoms with Crippen molar-refractivity contribution >= 4 is 26.0 Å². The second kappa shape index (κ2) is 8.12. The van der Waals surface area contributed by atoms with E-state index < -0.39 is 16.1 Å². The van der Waals surface area contributed by atoms with Gasteiger partial charge in [0.2, 0.25) is 10.0 Å². The number of rotatable bonds is 6. The lowest BCUT2D eigenvalue weighted by Gasteiger charge is -2.30. The molecule has 1 unspecified atom stereocenters. The van der Waals surface area contributed by atoms with Gasteiger partial charge in [0.1, 0.15) is 0 Å². The standard InChI is InChI=1S/C20H19BrN2O2S/c1-2-23(26(24,25)19-8-4-3-5-9-19)20(17-7-6-14-22-15-17)16-10-12-18(21)13-11-16/h3-15,20H,2H2,1H3. The first-order valence-electron chi connectivity index (χ1n) is 8.26. The van der Waals surface area contributed by atoms with Gasteiger partial charge in [0.05, 0.1) is 10.9 Å². The van der Waals surface area contributed by atoms with Crippen LogP contribution in [0.15, 0.2) is 88.5 Å². The minimum atomic E-state index is -3.66. The van der Waals surface area contributed by atoms with Gasteiger partial charge in [-0.1, -0.05) is 59.3 Å². The molecule has 1 aromatic heterocycles. The summed E-state index contributed by atoms with van der Waals surface area (Å²) in [7, 11) is -3.66. The molecule has 3 rings (SSSR count). The van der Waals surface area contributed by atoms with Crippen LogP contribution in [0.4, 0.5) is 0 Å². The lowest BCUT2D eigenvalue weighted by molar-refractivity contribution is 0.375. The second-order valence-electron chi connectivity index (χ2n) is 5.76. The molecule has 1 atom stereocenters. The van der Waals surface area contributed by atoms with Crippen LogP contribution in [-0.2, 0) is 10.0 Å². The number of hydrogen-bond donors (Lipinski definition) is 0. The zero-order valence-corrected chi connectivity index (χ0v) is 16.7. The molecule has 4 nitrogen and oxygen atoms in total. The first-order chi connectivity index (χ1) is 12.5. The van der Waals surface area contributed by atoms with Gasteiger partial charge in [0.25, 0.3) is 0 Å². The number of hydrogen-bond acceptors (Lipinski definition) is 3. The third-order valence-electron chi connectivity index (χ3n) is 4.14. The predicted octanol–water partition coefficient (Wildman–Crippen LogP) is 4.64. The summed E-state index contributed by atoms with van der Waals surface area (Å²) in [5.41, 5.74) is 1.72. The average molecular weight is 431 g/mol. The van der Waals surface area contributed by atoms with Crippen molar-refractivity contribution in [3.8, 4) is 0 Å². The first kappa shape index (κ1) is 18.8. The minimum absolute atomic E-state index is 0.285. The summed E-state index contributed by atoms with van der Waals surface area (Å²) in [4.78, 5) is 4.47. The molecule has 6 heteroatoms. The molecule has 0 amide bonds. The number of nitrogens with zero attached hydrogens (tertiary/aromatic N) is 2. The van der Waals surface area contributed by atoms with Crippen LogP contribution in [0.1, 0.15) is 24.1 Å². The highest BCUT2D eigenvalue weighted by atomic mass is 79.9. The molecular weight excluding hydrogens is 412 g/mol. The van der Waals surface area contributed by atoms with Crippen molar-refractivity contribution in [1.29, 1.82) is 0 Å². The van der Waals surface area contributed by atoms with E-state index >= 15 is 0 Å². The fourth-order valence-corrected chi connectivity index (χ4v) is 4.82. The Morgan fingerprint density at radius 2 is 1.65 bits per heavy atom. The smallest absolute Gasteiger partial charge is 0.243 e. The number of aromatic nitrogens is 1. The maximum Gasteiger partial charge on any atom is 0.243 e. The van der Waals surface area contributed by atoms with E-state index in [1.807, 2.05) is 49.4 Å². The zero-order chi connectivity index (χ0) is 18.6. The summed E-state index contributed by atoms with van der Waals surface area (Å²) < 4.78 is 29.1. The summed E-state index contributed by atoms with van der Waals surface area (Å²) >= 11 is 3.44. The van der Waals surface area contributed by atoms with E-state index in [1.54, 1.807) is 36.7 Å². The summed E-state index contributed by atoms with van der Waals surface area (Å²) in [5, 5.41) is 0. The number of halogens is 1. The van der Waals surface area contributed by atoms with E-state index in [0.717, 1.165) is 15.6 Å². The molecule has 0 aliphatic heterocycles. The van der Waals surface area contributed by atoms with Gasteiger partial charge in [-0.25, -0.2) is 8.42 Å². The summed E-state index contributed by atoms with van der Waals surface area (Å²) in [6, 6.07) is 19.5. The maximum absolute atomic E-state index is 13.3. The Kier molecular flexibility index (Phi) is 5.86. The summed E-state index contributed by atoms with van der Waals surface area (Å²) in [6.45, 7) is 2.19. The molecule has 0 N–H and O–H groups in total. The molecule has 0 aliphatic carbocycles. The van der Waals surface area contributed by atoms with Crippen LogP contribution < -0.4 is 0 Å². The Bertz CT molecular complexity index is 946. The van der Waals surface area contributed by atoms with Crippen molar-refractivity contribution in [2.45, 2.75) is 17.9 Å². The third-order valence-corrected chi connectivity index (χ3v) is 6.62. The lowest BCUT2D eigenvalue weighted by Crippen LogP contribution is -2.35. The van der Waals surface area contributed by atoms with Crippen LogP contribution >= 0.6 is 15.9 Å². The van der Waals surface area contributed by atoms with Gasteiger partial charge in [-0.05, 0) is 41.5 Å². The third kappa shape index (κ3) is 3.87. The van der Waals surface area contributed by atoms with E-state index in [1.165, 1.54) is 4.31 Å². The van der Waals surface area contributed by atoms with Crippen LogP contribution in [-0.4, -0.2) is 24.3 Å². The van der Waals surface area contributed by atoms with Gasteiger partial charge >= 0.3 is 0 Å². The number of benzene rings is 2. The van der Waals surface area contributed by atoms with E-state index in [9.17, 15) is 8.42 Å². The Morgan fingerprint density at radius 1 is 0.962 bits per heavy atom. The Morgan fingerprint density at radius 3 is 2.23 bits per heavy atom. The molecule has 26 heavy (non-hydrogen) atoms. The Hall–Kier alpha value is -2.02. The topological polar surface area (TPSA) is 50.3 Å². The minimum Gasteiger partial charge on any atom is -0.264 e. The van der Waals surface area contributed by atoms with Gasteiger partial charge in [-0.2, -0.15) is 4.31 Å². The normalized spacial score (nSPS) is 12.9. The number of sulfonamides is 1. The monoisotopic (exact) mass is 430 g/mol. The maximum atomic E-state index is 13.3. The molecule has 134 valence electrons. The summed E-state index contributed by atoms with van der Waals surface area (Å²) in [6.07, 6.45) is 3.40. The first-order valence-corrected chi connectivity index (χ1v) is 10.5. The van der Waals surface area contributed by atoms with Crippen molar-refractivity contribution in [3.63, 3.8) is 0 Å². The van der Waals surface area contributed by atoms with Crippen LogP contribution in [0.5, 0.6) is 0 Å². The van der Waals surface area contributed by atoms with E-state index in [-0.39, 0.29) is 4.90 Å². The highest BCUT2D eigenvalue weighted by Crippen LogP contribution is 2.33. The van der Waals surface area contributed by atoms with Crippen molar-refractivity contribution in [1.82, 2.24) is 9.29 Å². The Balaban J connectivity index is 2.15. The fourth-order valence-electron chi connectivity index (χ4n) is 2.93. The van der Waals surface area contributed by atoms with Gasteiger partial charge in [-0.15, -0.1) is 0 Å². The molecule has 0 saturated heterocycles. The molecule has 0 spiro atoms. The van der Waals surface area contributed by atoms with Gasteiger partial charge in [0, 0.05) is 23.4 Å². The molecule has 2 aromatic carbocycles. The van der Waals surface area contributed by atoms with Crippen molar-refractivity contribution in [3.05, 3.63) is 94.7 Å². The quantitative estimate of drug-likeness (QED) is 0.571. The average Bonchev–Trinajstić information content (AvgIpc) is 2.68.